The van der Waals surface area contributed by atoms with Crippen molar-refractivity contribution >= 4 is 40.9 Å². The van der Waals surface area contributed by atoms with Crippen molar-refractivity contribution in [3.63, 3.8) is 0 Å². The second-order valence-electron chi connectivity index (χ2n) is 6.73. The Hall–Kier alpha value is -2.80. The van der Waals surface area contributed by atoms with Crippen LogP contribution >= 0.6 is 11.8 Å². The van der Waals surface area contributed by atoms with Crippen molar-refractivity contribution in [3.8, 4) is 0 Å². The minimum atomic E-state index is -0.355. The molecule has 0 saturated carbocycles. The standard InChI is InChI=1S/C23H28N2O4S/c1-3-5-15-29-23(28)17-7-9-18(10-8-17)25-22(27)16-30-20-13-11-19(12-14-20)24-21(26)6-4-2/h7-14H,3-6,15-16H2,1-2H3,(H,24,26)(H,25,27). The molecule has 0 saturated heterocycles. The molecule has 0 atom stereocenters. The molecule has 160 valence electrons. The van der Waals surface area contributed by atoms with Gasteiger partial charge in [0.25, 0.3) is 0 Å². The van der Waals surface area contributed by atoms with E-state index in [0.717, 1.165) is 29.8 Å². The first-order chi connectivity index (χ1) is 14.5. The van der Waals surface area contributed by atoms with Gasteiger partial charge in [0.15, 0.2) is 0 Å². The molecule has 0 spiro atoms. The molecule has 0 bridgehead atoms. The van der Waals surface area contributed by atoms with Gasteiger partial charge in [0.1, 0.15) is 0 Å². The fourth-order valence-electron chi connectivity index (χ4n) is 2.51. The van der Waals surface area contributed by atoms with Crippen LogP contribution in [0.2, 0.25) is 0 Å². The van der Waals surface area contributed by atoms with Crippen LogP contribution in [0.1, 0.15) is 49.9 Å². The third kappa shape index (κ3) is 8.29. The van der Waals surface area contributed by atoms with Gasteiger partial charge in [-0.2, -0.15) is 0 Å². The van der Waals surface area contributed by atoms with Crippen molar-refractivity contribution in [2.45, 2.75) is 44.4 Å². The molecule has 0 aliphatic rings. The van der Waals surface area contributed by atoms with E-state index in [9.17, 15) is 14.4 Å². The van der Waals surface area contributed by atoms with Gasteiger partial charge in [-0.15, -0.1) is 11.8 Å². The van der Waals surface area contributed by atoms with E-state index in [0.29, 0.717) is 24.3 Å². The highest BCUT2D eigenvalue weighted by Crippen LogP contribution is 2.21. The van der Waals surface area contributed by atoms with E-state index in [1.54, 1.807) is 24.3 Å². The van der Waals surface area contributed by atoms with Gasteiger partial charge in [0, 0.05) is 22.7 Å². The Bertz CT molecular complexity index is 835. The Morgan fingerprint density at radius 3 is 2.03 bits per heavy atom. The lowest BCUT2D eigenvalue weighted by atomic mass is 10.2. The maximum atomic E-state index is 12.2. The Morgan fingerprint density at radius 2 is 1.43 bits per heavy atom. The molecule has 6 nitrogen and oxygen atoms in total. The number of benzene rings is 2. The average Bonchev–Trinajstić information content (AvgIpc) is 2.74. The summed E-state index contributed by atoms with van der Waals surface area (Å²) in [6, 6.07) is 14.1. The van der Waals surface area contributed by atoms with Gasteiger partial charge in [0.05, 0.1) is 17.9 Å². The molecule has 2 aromatic rings. The predicted molar refractivity (Wildman–Crippen MR) is 121 cm³/mol. The number of carbonyl (C=O) groups is 3. The molecular formula is C23H28N2O4S. The first-order valence-electron chi connectivity index (χ1n) is 10.1. The number of carbonyl (C=O) groups excluding carboxylic acids is 3. The van der Waals surface area contributed by atoms with Crippen LogP contribution in [-0.2, 0) is 14.3 Å². The number of unbranched alkanes of at least 4 members (excludes halogenated alkanes) is 1. The van der Waals surface area contributed by atoms with Crippen LogP contribution in [-0.4, -0.2) is 30.1 Å². The number of nitrogens with one attached hydrogen (secondary N) is 2. The molecule has 0 radical (unpaired) electrons. The summed E-state index contributed by atoms with van der Waals surface area (Å²) in [5.41, 5.74) is 1.83. The topological polar surface area (TPSA) is 84.5 Å². The summed E-state index contributed by atoms with van der Waals surface area (Å²) in [6.45, 7) is 4.41. The fourth-order valence-corrected chi connectivity index (χ4v) is 3.21. The van der Waals surface area contributed by atoms with Crippen LogP contribution in [0.15, 0.2) is 53.4 Å². The van der Waals surface area contributed by atoms with Gasteiger partial charge in [0.2, 0.25) is 11.8 Å². The number of esters is 1. The highest BCUT2D eigenvalue weighted by Gasteiger charge is 2.08. The maximum absolute atomic E-state index is 12.2. The van der Waals surface area contributed by atoms with Crippen LogP contribution in [0.5, 0.6) is 0 Å². The summed E-state index contributed by atoms with van der Waals surface area (Å²) in [4.78, 5) is 36.6. The maximum Gasteiger partial charge on any atom is 0.338 e. The molecule has 0 aliphatic carbocycles. The van der Waals surface area contributed by atoms with Gasteiger partial charge >= 0.3 is 5.97 Å². The number of anilines is 2. The SMILES string of the molecule is CCCCOC(=O)c1ccc(NC(=O)CSc2ccc(NC(=O)CCC)cc2)cc1. The zero-order valence-electron chi connectivity index (χ0n) is 17.4. The highest BCUT2D eigenvalue weighted by atomic mass is 32.2. The molecular weight excluding hydrogens is 400 g/mol. The van der Waals surface area contributed by atoms with Crippen molar-refractivity contribution in [3.05, 3.63) is 54.1 Å². The van der Waals surface area contributed by atoms with E-state index in [1.807, 2.05) is 38.1 Å². The second kappa shape index (κ2) is 12.7. The Labute approximate surface area is 181 Å². The first-order valence-corrected chi connectivity index (χ1v) is 11.1. The lowest BCUT2D eigenvalue weighted by Crippen LogP contribution is -2.14. The Morgan fingerprint density at radius 1 is 0.833 bits per heavy atom. The summed E-state index contributed by atoms with van der Waals surface area (Å²) in [6.07, 6.45) is 3.11. The molecule has 0 aliphatic heterocycles. The molecule has 2 aromatic carbocycles. The van der Waals surface area contributed by atoms with E-state index in [2.05, 4.69) is 10.6 Å². The van der Waals surface area contributed by atoms with Crippen LogP contribution in [0.25, 0.3) is 0 Å². The molecule has 2 rings (SSSR count). The fraction of sp³-hybridized carbons (Fsp3) is 0.348. The van der Waals surface area contributed by atoms with Gasteiger partial charge in [-0.3, -0.25) is 9.59 Å². The summed E-state index contributed by atoms with van der Waals surface area (Å²) in [5, 5.41) is 5.65. The van der Waals surface area contributed by atoms with E-state index < -0.39 is 0 Å². The lowest BCUT2D eigenvalue weighted by molar-refractivity contribution is -0.116. The van der Waals surface area contributed by atoms with Crippen molar-refractivity contribution in [1.82, 2.24) is 0 Å². The summed E-state index contributed by atoms with van der Waals surface area (Å²) >= 11 is 1.41. The molecule has 0 unspecified atom stereocenters. The van der Waals surface area contributed by atoms with E-state index >= 15 is 0 Å². The first kappa shape index (κ1) is 23.5. The number of hydrogen-bond acceptors (Lipinski definition) is 5. The third-order valence-corrected chi connectivity index (χ3v) is 5.13. The summed E-state index contributed by atoms with van der Waals surface area (Å²) in [7, 11) is 0. The normalized spacial score (nSPS) is 10.3. The quantitative estimate of drug-likeness (QED) is 0.295. The lowest BCUT2D eigenvalue weighted by Gasteiger charge is -2.08. The minimum absolute atomic E-state index is 0.00230. The van der Waals surface area contributed by atoms with E-state index in [4.69, 9.17) is 4.74 Å². The zero-order chi connectivity index (χ0) is 21.8. The van der Waals surface area contributed by atoms with Gasteiger partial charge in [-0.1, -0.05) is 20.3 Å². The molecule has 2 N–H and O–H groups in total. The number of thioether (sulfide) groups is 1. The minimum Gasteiger partial charge on any atom is -0.462 e. The molecule has 7 heteroatoms. The Kier molecular flexibility index (Phi) is 9.94. The number of amides is 2. The van der Waals surface area contributed by atoms with Crippen molar-refractivity contribution in [2.75, 3.05) is 23.0 Å². The zero-order valence-corrected chi connectivity index (χ0v) is 18.2. The highest BCUT2D eigenvalue weighted by molar-refractivity contribution is 8.00. The summed E-state index contributed by atoms with van der Waals surface area (Å²) in [5.74, 6) is -0.246. The molecule has 2 amide bonds. The van der Waals surface area contributed by atoms with Crippen LogP contribution in [0.3, 0.4) is 0 Å². The van der Waals surface area contributed by atoms with E-state index in [1.165, 1.54) is 11.8 Å². The van der Waals surface area contributed by atoms with Crippen LogP contribution in [0, 0.1) is 0 Å². The van der Waals surface area contributed by atoms with Crippen molar-refractivity contribution in [2.24, 2.45) is 0 Å². The number of rotatable bonds is 11. The molecule has 0 aromatic heterocycles. The van der Waals surface area contributed by atoms with Crippen molar-refractivity contribution < 1.29 is 19.1 Å². The van der Waals surface area contributed by atoms with Crippen LogP contribution < -0.4 is 10.6 Å². The average molecular weight is 429 g/mol. The molecule has 30 heavy (non-hydrogen) atoms. The number of ether oxygens (including phenoxy) is 1. The monoisotopic (exact) mass is 428 g/mol. The van der Waals surface area contributed by atoms with Crippen LogP contribution in [0.4, 0.5) is 11.4 Å². The largest absolute Gasteiger partial charge is 0.462 e. The van der Waals surface area contributed by atoms with Gasteiger partial charge in [-0.05, 0) is 61.4 Å². The smallest absolute Gasteiger partial charge is 0.338 e. The van der Waals surface area contributed by atoms with Gasteiger partial charge in [-0.25, -0.2) is 4.79 Å². The van der Waals surface area contributed by atoms with Gasteiger partial charge < -0.3 is 15.4 Å². The van der Waals surface area contributed by atoms with Crippen molar-refractivity contribution in [1.29, 1.82) is 0 Å². The number of hydrogen-bond donors (Lipinski definition) is 2. The Balaban J connectivity index is 1.77. The molecule has 0 fully saturated rings. The van der Waals surface area contributed by atoms with E-state index in [-0.39, 0.29) is 23.5 Å². The third-order valence-electron chi connectivity index (χ3n) is 4.12. The second-order valence-corrected chi connectivity index (χ2v) is 7.77. The molecule has 0 heterocycles. The summed E-state index contributed by atoms with van der Waals surface area (Å²) < 4.78 is 5.17. The predicted octanol–water partition coefficient (Wildman–Crippen LogP) is 5.11.